The Labute approximate surface area is 143 Å². The fraction of sp³-hybridized carbons (Fsp3) is 0.0625. The van der Waals surface area contributed by atoms with Crippen molar-refractivity contribution in [3.05, 3.63) is 53.3 Å². The summed E-state index contributed by atoms with van der Waals surface area (Å²) in [7, 11) is 0. The van der Waals surface area contributed by atoms with Gasteiger partial charge in [0.25, 0.3) is 11.8 Å². The van der Waals surface area contributed by atoms with Crippen molar-refractivity contribution in [2.75, 3.05) is 0 Å². The van der Waals surface area contributed by atoms with Crippen molar-refractivity contribution >= 4 is 11.8 Å². The van der Waals surface area contributed by atoms with E-state index in [2.05, 4.69) is 9.97 Å². The van der Waals surface area contributed by atoms with Gasteiger partial charge in [0.15, 0.2) is 11.5 Å². The number of nitrogens with two attached hydrogens (primary N) is 2. The minimum absolute atomic E-state index is 0.0557. The van der Waals surface area contributed by atoms with E-state index in [4.69, 9.17) is 15.9 Å². The second kappa shape index (κ2) is 6.06. The Balaban J connectivity index is 2.04. The van der Waals surface area contributed by atoms with Gasteiger partial charge in [0, 0.05) is 5.56 Å². The lowest BCUT2D eigenvalue weighted by atomic mass is 10.1. The number of rotatable bonds is 4. The normalized spacial score (nSPS) is 11.5. The van der Waals surface area contributed by atoms with Gasteiger partial charge in [-0.15, -0.1) is 0 Å². The molecule has 26 heavy (non-hydrogen) atoms. The molecular weight excluding hydrogens is 353 g/mol. The number of carbonyl (C=O) groups is 2. The van der Waals surface area contributed by atoms with Gasteiger partial charge in [-0.3, -0.25) is 9.59 Å². The summed E-state index contributed by atoms with van der Waals surface area (Å²) in [6, 6.07) is 6.86. The molecule has 0 aliphatic rings. The van der Waals surface area contributed by atoms with E-state index in [0.717, 1.165) is 24.3 Å². The van der Waals surface area contributed by atoms with E-state index in [1.165, 1.54) is 12.1 Å². The molecule has 0 aliphatic carbocycles. The van der Waals surface area contributed by atoms with Crippen molar-refractivity contribution in [3.63, 3.8) is 0 Å². The van der Waals surface area contributed by atoms with Crippen molar-refractivity contribution in [2.24, 2.45) is 11.5 Å². The molecule has 0 aliphatic heterocycles. The van der Waals surface area contributed by atoms with Crippen LogP contribution in [0.15, 0.2) is 40.8 Å². The number of nitrogens with zero attached hydrogens (tertiary/aromatic N) is 1. The third-order valence-electron chi connectivity index (χ3n) is 3.52. The molecule has 0 saturated heterocycles. The van der Waals surface area contributed by atoms with Crippen LogP contribution in [0.3, 0.4) is 0 Å². The fourth-order valence-corrected chi connectivity index (χ4v) is 2.27. The number of amides is 2. The van der Waals surface area contributed by atoms with Gasteiger partial charge < -0.3 is 20.9 Å². The number of aromatic nitrogens is 2. The van der Waals surface area contributed by atoms with E-state index in [9.17, 15) is 22.8 Å². The standard InChI is InChI=1S/C16H11F3N4O3/c17-16(18,19)8-3-1-7(2-4-8)15-23-11(14(21)25)12(26-15)9-5-6-10(22-9)13(20)24/h1-6,22H,(H2,20,24)(H2,21,25). The number of H-pyrrole nitrogens is 1. The summed E-state index contributed by atoms with van der Waals surface area (Å²) in [5.74, 6) is -1.78. The van der Waals surface area contributed by atoms with Crippen LogP contribution in [0.1, 0.15) is 26.5 Å². The Morgan fingerprint density at radius 3 is 2.15 bits per heavy atom. The number of oxazole rings is 1. The van der Waals surface area contributed by atoms with Crippen LogP contribution in [-0.4, -0.2) is 21.8 Å². The number of benzene rings is 1. The summed E-state index contributed by atoms with van der Waals surface area (Å²) in [4.78, 5) is 29.4. The number of hydrogen-bond donors (Lipinski definition) is 3. The second-order valence-electron chi connectivity index (χ2n) is 5.29. The molecule has 2 heterocycles. The molecule has 0 bridgehead atoms. The molecule has 0 radical (unpaired) electrons. The number of nitrogens with one attached hydrogen (secondary N) is 1. The van der Waals surface area contributed by atoms with Gasteiger partial charge in [-0.05, 0) is 36.4 Å². The number of primary amides is 2. The highest BCUT2D eigenvalue weighted by Gasteiger charge is 2.30. The van der Waals surface area contributed by atoms with Crippen LogP contribution in [0.5, 0.6) is 0 Å². The first-order valence-electron chi connectivity index (χ1n) is 7.14. The lowest BCUT2D eigenvalue weighted by Crippen LogP contribution is -2.13. The Bertz CT molecular complexity index is 987. The van der Waals surface area contributed by atoms with Crippen molar-refractivity contribution < 1.29 is 27.2 Å². The lowest BCUT2D eigenvalue weighted by molar-refractivity contribution is -0.137. The first-order chi connectivity index (χ1) is 12.2. The lowest BCUT2D eigenvalue weighted by Gasteiger charge is -2.06. The van der Waals surface area contributed by atoms with Crippen LogP contribution < -0.4 is 11.5 Å². The summed E-state index contributed by atoms with van der Waals surface area (Å²) in [6.07, 6.45) is -4.48. The van der Waals surface area contributed by atoms with Gasteiger partial charge >= 0.3 is 6.18 Å². The SMILES string of the molecule is NC(=O)c1ccc(-c2oc(-c3ccc(C(F)(F)F)cc3)nc2C(N)=O)[nH]1. The fourth-order valence-electron chi connectivity index (χ4n) is 2.27. The summed E-state index contributed by atoms with van der Waals surface area (Å²) < 4.78 is 43.4. The zero-order valence-electron chi connectivity index (χ0n) is 12.9. The summed E-state index contributed by atoms with van der Waals surface area (Å²) in [5.41, 5.74) is 9.86. The van der Waals surface area contributed by atoms with Crippen molar-refractivity contribution in [1.29, 1.82) is 0 Å². The predicted molar refractivity (Wildman–Crippen MR) is 83.8 cm³/mol. The number of hydrogen-bond acceptors (Lipinski definition) is 4. The molecular formula is C16H11F3N4O3. The van der Waals surface area contributed by atoms with E-state index in [-0.39, 0.29) is 34.3 Å². The maximum Gasteiger partial charge on any atom is 0.416 e. The van der Waals surface area contributed by atoms with Gasteiger partial charge in [-0.1, -0.05) is 0 Å². The molecule has 2 aromatic heterocycles. The predicted octanol–water partition coefficient (Wildman–Crippen LogP) is 2.55. The Morgan fingerprint density at radius 2 is 1.65 bits per heavy atom. The minimum Gasteiger partial charge on any atom is -0.434 e. The summed E-state index contributed by atoms with van der Waals surface area (Å²) >= 11 is 0. The van der Waals surface area contributed by atoms with Gasteiger partial charge in [-0.25, -0.2) is 4.98 Å². The number of alkyl halides is 3. The first kappa shape index (κ1) is 17.3. The highest BCUT2D eigenvalue weighted by Crippen LogP contribution is 2.33. The minimum atomic E-state index is -4.48. The third kappa shape index (κ3) is 3.16. The monoisotopic (exact) mass is 364 g/mol. The van der Waals surface area contributed by atoms with E-state index in [1.807, 2.05) is 0 Å². The maximum atomic E-state index is 12.6. The summed E-state index contributed by atoms with van der Waals surface area (Å²) in [6.45, 7) is 0. The first-order valence-corrected chi connectivity index (χ1v) is 7.14. The van der Waals surface area contributed by atoms with Crippen LogP contribution in [0.4, 0.5) is 13.2 Å². The molecule has 5 N–H and O–H groups in total. The second-order valence-corrected chi connectivity index (χ2v) is 5.29. The Hall–Kier alpha value is -3.56. The molecule has 10 heteroatoms. The van der Waals surface area contributed by atoms with Crippen molar-refractivity contribution in [3.8, 4) is 22.9 Å². The van der Waals surface area contributed by atoms with Crippen molar-refractivity contribution in [1.82, 2.24) is 9.97 Å². The third-order valence-corrected chi connectivity index (χ3v) is 3.52. The summed E-state index contributed by atoms with van der Waals surface area (Å²) in [5, 5.41) is 0. The molecule has 0 spiro atoms. The van der Waals surface area contributed by atoms with Crippen LogP contribution in [0.2, 0.25) is 0 Å². The molecule has 134 valence electrons. The largest absolute Gasteiger partial charge is 0.434 e. The van der Waals surface area contributed by atoms with Crippen molar-refractivity contribution in [2.45, 2.75) is 6.18 Å². The molecule has 0 unspecified atom stereocenters. The Kier molecular flexibility index (Phi) is 4.03. The highest BCUT2D eigenvalue weighted by molar-refractivity contribution is 5.97. The molecule has 0 atom stereocenters. The number of halogens is 3. The van der Waals surface area contributed by atoms with E-state index < -0.39 is 23.6 Å². The molecule has 7 nitrogen and oxygen atoms in total. The van der Waals surface area contributed by atoms with Crippen LogP contribution in [-0.2, 0) is 6.18 Å². The number of carbonyl (C=O) groups excluding carboxylic acids is 2. The van der Waals surface area contributed by atoms with Gasteiger partial charge in [0.1, 0.15) is 5.69 Å². The molecule has 0 saturated carbocycles. The highest BCUT2D eigenvalue weighted by atomic mass is 19.4. The Morgan fingerprint density at radius 1 is 1.00 bits per heavy atom. The van der Waals surface area contributed by atoms with E-state index in [1.54, 1.807) is 0 Å². The molecule has 3 rings (SSSR count). The van der Waals surface area contributed by atoms with Crippen LogP contribution in [0.25, 0.3) is 22.9 Å². The zero-order chi connectivity index (χ0) is 19.1. The van der Waals surface area contributed by atoms with Gasteiger partial charge in [-0.2, -0.15) is 13.2 Å². The van der Waals surface area contributed by atoms with Crippen LogP contribution in [0, 0.1) is 0 Å². The van der Waals surface area contributed by atoms with Crippen LogP contribution >= 0.6 is 0 Å². The molecule has 0 fully saturated rings. The van der Waals surface area contributed by atoms with E-state index >= 15 is 0 Å². The zero-order valence-corrected chi connectivity index (χ0v) is 12.9. The smallest absolute Gasteiger partial charge is 0.416 e. The number of aromatic amines is 1. The molecule has 3 aromatic rings. The van der Waals surface area contributed by atoms with E-state index in [0.29, 0.717) is 0 Å². The van der Waals surface area contributed by atoms with Gasteiger partial charge in [0.05, 0.1) is 11.3 Å². The average Bonchev–Trinajstić information content (AvgIpc) is 3.21. The quantitative estimate of drug-likeness (QED) is 0.657. The molecule has 2 amide bonds. The van der Waals surface area contributed by atoms with Gasteiger partial charge in [0.2, 0.25) is 5.89 Å². The topological polar surface area (TPSA) is 128 Å². The average molecular weight is 364 g/mol. The molecule has 1 aromatic carbocycles. The maximum absolute atomic E-state index is 12.6.